The van der Waals surface area contributed by atoms with Gasteiger partial charge in [-0.05, 0) is 32.9 Å². The lowest BCUT2D eigenvalue weighted by molar-refractivity contribution is -0.121. The van der Waals surface area contributed by atoms with E-state index in [-0.39, 0.29) is 11.9 Å². The number of carbonyl (C=O) groups is 1. The molecule has 1 aromatic carbocycles. The van der Waals surface area contributed by atoms with E-state index < -0.39 is 0 Å². The van der Waals surface area contributed by atoms with Crippen LogP contribution in [0.2, 0.25) is 0 Å². The number of benzene rings is 1. The van der Waals surface area contributed by atoms with Crippen LogP contribution in [0.15, 0.2) is 24.3 Å². The first kappa shape index (κ1) is 13.9. The molecular formula is C15H22N2O2. The zero-order valence-corrected chi connectivity index (χ0v) is 11.6. The molecule has 0 aromatic heterocycles. The van der Waals surface area contributed by atoms with Crippen molar-refractivity contribution in [2.75, 3.05) is 13.7 Å². The molecule has 0 radical (unpaired) electrons. The van der Waals surface area contributed by atoms with Crippen LogP contribution >= 0.6 is 0 Å². The van der Waals surface area contributed by atoms with Gasteiger partial charge in [0.05, 0.1) is 13.0 Å². The zero-order valence-electron chi connectivity index (χ0n) is 11.6. The molecule has 0 spiro atoms. The Labute approximate surface area is 114 Å². The molecule has 1 saturated carbocycles. The molecule has 4 heteroatoms. The average molecular weight is 262 g/mol. The van der Waals surface area contributed by atoms with E-state index in [4.69, 9.17) is 4.74 Å². The first-order valence-electron chi connectivity index (χ1n) is 6.89. The maximum absolute atomic E-state index is 11.6. The molecule has 2 N–H and O–H groups in total. The summed E-state index contributed by atoms with van der Waals surface area (Å²) in [5.74, 6) is 0.935. The van der Waals surface area contributed by atoms with E-state index in [1.165, 1.54) is 0 Å². The van der Waals surface area contributed by atoms with Gasteiger partial charge in [0.1, 0.15) is 5.75 Å². The Hall–Kier alpha value is -1.55. The minimum Gasteiger partial charge on any atom is -0.493 e. The zero-order chi connectivity index (χ0) is 13.7. The van der Waals surface area contributed by atoms with Crippen molar-refractivity contribution in [3.63, 3.8) is 0 Å². The molecule has 1 aromatic rings. The summed E-state index contributed by atoms with van der Waals surface area (Å²) in [5, 5.41) is 6.15. The maximum Gasteiger partial charge on any atom is 0.223 e. The van der Waals surface area contributed by atoms with E-state index in [0.717, 1.165) is 24.2 Å². The molecule has 0 bridgehead atoms. The van der Waals surface area contributed by atoms with Crippen molar-refractivity contribution >= 4 is 5.91 Å². The SMILES string of the molecule is CNC(C)c1ccccc1OCCC(=O)NC1CC1. The van der Waals surface area contributed by atoms with Crippen LogP contribution in [-0.2, 0) is 4.79 Å². The Morgan fingerprint density at radius 3 is 2.84 bits per heavy atom. The standard InChI is InChI=1S/C15H22N2O2/c1-11(16-2)13-5-3-4-6-14(13)19-10-9-15(18)17-12-7-8-12/h3-6,11-12,16H,7-10H2,1-2H3,(H,17,18). The molecule has 1 fully saturated rings. The predicted molar refractivity (Wildman–Crippen MR) is 75.2 cm³/mol. The van der Waals surface area contributed by atoms with E-state index in [2.05, 4.69) is 17.6 Å². The summed E-state index contributed by atoms with van der Waals surface area (Å²) in [6.07, 6.45) is 2.66. The van der Waals surface area contributed by atoms with Crippen LogP contribution in [0, 0.1) is 0 Å². The molecule has 1 aliphatic carbocycles. The number of amides is 1. The molecule has 1 aliphatic rings. The Kier molecular flexibility index (Phi) is 4.80. The normalized spacial score (nSPS) is 15.9. The molecule has 1 unspecified atom stereocenters. The molecule has 4 nitrogen and oxygen atoms in total. The lowest BCUT2D eigenvalue weighted by Gasteiger charge is -2.16. The Morgan fingerprint density at radius 2 is 2.16 bits per heavy atom. The van der Waals surface area contributed by atoms with Crippen molar-refractivity contribution in [1.82, 2.24) is 10.6 Å². The lowest BCUT2D eigenvalue weighted by atomic mass is 10.1. The van der Waals surface area contributed by atoms with Gasteiger partial charge in [-0.1, -0.05) is 18.2 Å². The van der Waals surface area contributed by atoms with E-state index >= 15 is 0 Å². The summed E-state index contributed by atoms with van der Waals surface area (Å²) in [7, 11) is 1.92. The van der Waals surface area contributed by atoms with Gasteiger partial charge in [-0.25, -0.2) is 0 Å². The van der Waals surface area contributed by atoms with E-state index in [0.29, 0.717) is 19.1 Å². The molecule has 0 heterocycles. The second kappa shape index (κ2) is 6.57. The van der Waals surface area contributed by atoms with Crippen LogP contribution < -0.4 is 15.4 Å². The molecule has 1 amide bonds. The quantitative estimate of drug-likeness (QED) is 0.790. The van der Waals surface area contributed by atoms with Crippen LogP contribution in [-0.4, -0.2) is 25.6 Å². The number of hydrogen-bond acceptors (Lipinski definition) is 3. The number of rotatable bonds is 7. The van der Waals surface area contributed by atoms with Crippen molar-refractivity contribution < 1.29 is 9.53 Å². The third kappa shape index (κ3) is 4.24. The first-order chi connectivity index (χ1) is 9.20. The fraction of sp³-hybridized carbons (Fsp3) is 0.533. The summed E-state index contributed by atoms with van der Waals surface area (Å²) in [6, 6.07) is 8.59. The molecule has 19 heavy (non-hydrogen) atoms. The highest BCUT2D eigenvalue weighted by Gasteiger charge is 2.22. The van der Waals surface area contributed by atoms with Gasteiger partial charge in [-0.3, -0.25) is 4.79 Å². The molecular weight excluding hydrogens is 240 g/mol. The topological polar surface area (TPSA) is 50.4 Å². The molecule has 2 rings (SSSR count). The number of para-hydroxylation sites is 1. The van der Waals surface area contributed by atoms with Crippen molar-refractivity contribution in [3.05, 3.63) is 29.8 Å². The van der Waals surface area contributed by atoms with E-state index in [1.54, 1.807) is 0 Å². The number of ether oxygens (including phenoxy) is 1. The number of nitrogens with one attached hydrogen (secondary N) is 2. The van der Waals surface area contributed by atoms with Gasteiger partial charge < -0.3 is 15.4 Å². The largest absolute Gasteiger partial charge is 0.493 e. The second-order valence-corrected chi connectivity index (χ2v) is 4.99. The van der Waals surface area contributed by atoms with Gasteiger partial charge in [0.25, 0.3) is 0 Å². The third-order valence-corrected chi connectivity index (χ3v) is 3.35. The first-order valence-corrected chi connectivity index (χ1v) is 6.89. The Balaban J connectivity index is 1.82. The van der Waals surface area contributed by atoms with Gasteiger partial charge in [0, 0.05) is 17.6 Å². The predicted octanol–water partition coefficient (Wildman–Crippen LogP) is 2.01. The van der Waals surface area contributed by atoms with Gasteiger partial charge >= 0.3 is 0 Å². The molecule has 0 saturated heterocycles. The molecule has 104 valence electrons. The summed E-state index contributed by atoms with van der Waals surface area (Å²) < 4.78 is 5.73. The lowest BCUT2D eigenvalue weighted by Crippen LogP contribution is -2.26. The highest BCUT2D eigenvalue weighted by molar-refractivity contribution is 5.76. The second-order valence-electron chi connectivity index (χ2n) is 4.99. The van der Waals surface area contributed by atoms with Crippen LogP contribution in [0.4, 0.5) is 0 Å². The van der Waals surface area contributed by atoms with Gasteiger partial charge in [0.2, 0.25) is 5.91 Å². The fourth-order valence-corrected chi connectivity index (χ4v) is 1.91. The monoisotopic (exact) mass is 262 g/mol. The Morgan fingerprint density at radius 1 is 1.42 bits per heavy atom. The van der Waals surface area contributed by atoms with Gasteiger partial charge in [-0.2, -0.15) is 0 Å². The van der Waals surface area contributed by atoms with Crippen LogP contribution in [0.5, 0.6) is 5.75 Å². The van der Waals surface area contributed by atoms with Crippen molar-refractivity contribution in [1.29, 1.82) is 0 Å². The average Bonchev–Trinajstić information content (AvgIpc) is 3.22. The van der Waals surface area contributed by atoms with Crippen molar-refractivity contribution in [3.8, 4) is 5.75 Å². The fourth-order valence-electron chi connectivity index (χ4n) is 1.91. The summed E-state index contributed by atoms with van der Waals surface area (Å²) >= 11 is 0. The van der Waals surface area contributed by atoms with Crippen molar-refractivity contribution in [2.24, 2.45) is 0 Å². The molecule has 0 aliphatic heterocycles. The molecule has 1 atom stereocenters. The van der Waals surface area contributed by atoms with Crippen LogP contribution in [0.1, 0.15) is 37.8 Å². The number of hydrogen-bond donors (Lipinski definition) is 2. The summed E-state index contributed by atoms with van der Waals surface area (Å²) in [6.45, 7) is 2.51. The van der Waals surface area contributed by atoms with Crippen LogP contribution in [0.25, 0.3) is 0 Å². The van der Waals surface area contributed by atoms with E-state index in [9.17, 15) is 4.79 Å². The Bertz CT molecular complexity index is 430. The maximum atomic E-state index is 11.6. The third-order valence-electron chi connectivity index (χ3n) is 3.35. The minimum absolute atomic E-state index is 0.0849. The summed E-state index contributed by atoms with van der Waals surface area (Å²) in [4.78, 5) is 11.6. The van der Waals surface area contributed by atoms with Gasteiger partial charge in [-0.15, -0.1) is 0 Å². The van der Waals surface area contributed by atoms with Gasteiger partial charge in [0.15, 0.2) is 0 Å². The highest BCUT2D eigenvalue weighted by Crippen LogP contribution is 2.24. The number of carbonyl (C=O) groups excluding carboxylic acids is 1. The van der Waals surface area contributed by atoms with Crippen molar-refractivity contribution in [2.45, 2.75) is 38.3 Å². The smallest absolute Gasteiger partial charge is 0.223 e. The summed E-state index contributed by atoms with van der Waals surface area (Å²) in [5.41, 5.74) is 1.12. The van der Waals surface area contributed by atoms with Crippen LogP contribution in [0.3, 0.4) is 0 Å². The highest BCUT2D eigenvalue weighted by atomic mass is 16.5. The van der Waals surface area contributed by atoms with E-state index in [1.807, 2.05) is 31.3 Å². The minimum atomic E-state index is 0.0849.